The molecule has 0 bridgehead atoms. The van der Waals surface area contributed by atoms with Crippen LogP contribution in [0.1, 0.15) is 239 Å². The van der Waals surface area contributed by atoms with Crippen LogP contribution in [0.4, 0.5) is 0 Å². The van der Waals surface area contributed by atoms with Gasteiger partial charge in [0.1, 0.15) is 13.2 Å². The van der Waals surface area contributed by atoms with Crippen LogP contribution in [0.15, 0.2) is 72.9 Å². The molecule has 0 saturated heterocycles. The molecule has 6 heteroatoms. The number of hydrogen-bond donors (Lipinski definition) is 0. The van der Waals surface area contributed by atoms with Gasteiger partial charge in [-0.3, -0.25) is 14.4 Å². The number of unbranched alkanes of at least 4 members (excludes halogenated alkanes) is 25. The Kier molecular flexibility index (Phi) is 46.9. The van der Waals surface area contributed by atoms with Crippen LogP contribution < -0.4 is 0 Å². The highest BCUT2D eigenvalue weighted by Gasteiger charge is 2.19. The summed E-state index contributed by atoms with van der Waals surface area (Å²) in [5.74, 6) is -0.939. The summed E-state index contributed by atoms with van der Waals surface area (Å²) in [6, 6.07) is 0. The Hall–Kier alpha value is -3.15. The van der Waals surface area contributed by atoms with E-state index in [4.69, 9.17) is 14.2 Å². The van der Waals surface area contributed by atoms with E-state index in [1.807, 2.05) is 0 Å². The summed E-state index contributed by atoms with van der Waals surface area (Å²) in [4.78, 5) is 37.9. The van der Waals surface area contributed by atoms with Crippen molar-refractivity contribution in [2.24, 2.45) is 0 Å². The predicted octanol–water partition coefficient (Wildman–Crippen LogP) is 16.6. The van der Waals surface area contributed by atoms with Gasteiger partial charge < -0.3 is 14.2 Å². The monoisotopic (exact) mass is 851 g/mol. The molecule has 0 N–H and O–H groups in total. The molecule has 0 aliphatic heterocycles. The van der Waals surface area contributed by atoms with Crippen molar-refractivity contribution in [3.63, 3.8) is 0 Å². The Bertz CT molecular complexity index is 1160. The highest BCUT2D eigenvalue weighted by molar-refractivity contribution is 5.71. The van der Waals surface area contributed by atoms with Crippen molar-refractivity contribution in [1.82, 2.24) is 0 Å². The zero-order valence-electron chi connectivity index (χ0n) is 39.9. The normalized spacial score (nSPS) is 12.6. The Morgan fingerprint density at radius 2 is 0.656 bits per heavy atom. The summed E-state index contributed by atoms with van der Waals surface area (Å²) in [7, 11) is 0. The fraction of sp³-hybridized carbons (Fsp3) is 0.727. The van der Waals surface area contributed by atoms with E-state index in [9.17, 15) is 14.4 Å². The largest absolute Gasteiger partial charge is 0.462 e. The second kappa shape index (κ2) is 49.5. The van der Waals surface area contributed by atoms with Gasteiger partial charge in [-0.2, -0.15) is 0 Å². The van der Waals surface area contributed by atoms with Crippen LogP contribution in [-0.4, -0.2) is 37.2 Å². The number of hydrogen-bond acceptors (Lipinski definition) is 6. The summed E-state index contributed by atoms with van der Waals surface area (Å²) < 4.78 is 16.7. The fourth-order valence-electron chi connectivity index (χ4n) is 6.90. The molecular weight excluding hydrogens is 757 g/mol. The number of ether oxygens (including phenoxy) is 3. The van der Waals surface area contributed by atoms with E-state index in [0.29, 0.717) is 19.3 Å². The smallest absolute Gasteiger partial charge is 0.306 e. The van der Waals surface area contributed by atoms with Gasteiger partial charge >= 0.3 is 17.9 Å². The van der Waals surface area contributed by atoms with Gasteiger partial charge in [-0.25, -0.2) is 0 Å². The van der Waals surface area contributed by atoms with E-state index in [1.54, 1.807) is 0 Å². The zero-order chi connectivity index (χ0) is 44.4. The van der Waals surface area contributed by atoms with Crippen molar-refractivity contribution in [2.75, 3.05) is 13.2 Å². The standard InChI is InChI=1S/C55H94O6/c1-4-7-10-13-16-19-22-25-26-27-28-29-31-33-36-39-42-45-48-54(57)60-51-52(50-59-53(56)47-44-41-38-35-32-24-21-18-15-12-9-6-3)61-55(58)49-46-43-40-37-34-30-23-20-17-14-11-8-5-2/h8,11,14,17-18,20-21,23,26-29,52H,4-7,9-10,12-13,15-16,19,22,24-25,30-51H2,1-3H3/b11-8-,17-14-,21-18-,23-20-,27-26-,29-28-. The van der Waals surface area contributed by atoms with E-state index in [-0.39, 0.29) is 31.1 Å². The third kappa shape index (κ3) is 47.7. The Labute approximate surface area is 376 Å². The molecule has 1 unspecified atom stereocenters. The molecule has 0 amide bonds. The Balaban J connectivity index is 4.42. The van der Waals surface area contributed by atoms with E-state index in [1.165, 1.54) is 89.9 Å². The average Bonchev–Trinajstić information content (AvgIpc) is 3.26. The molecule has 0 aromatic rings. The minimum Gasteiger partial charge on any atom is -0.462 e. The van der Waals surface area contributed by atoms with Gasteiger partial charge in [0.25, 0.3) is 0 Å². The van der Waals surface area contributed by atoms with Crippen LogP contribution in [0, 0.1) is 0 Å². The molecule has 350 valence electrons. The highest BCUT2D eigenvalue weighted by atomic mass is 16.6. The van der Waals surface area contributed by atoms with Crippen LogP contribution in [-0.2, 0) is 28.6 Å². The van der Waals surface area contributed by atoms with Crippen molar-refractivity contribution in [2.45, 2.75) is 245 Å². The minimum atomic E-state index is -0.794. The van der Waals surface area contributed by atoms with Gasteiger partial charge in [-0.1, -0.05) is 203 Å². The van der Waals surface area contributed by atoms with Gasteiger partial charge in [0.2, 0.25) is 0 Å². The first kappa shape index (κ1) is 57.9. The molecule has 0 fully saturated rings. The summed E-state index contributed by atoms with van der Waals surface area (Å²) in [5, 5.41) is 0. The molecule has 0 aromatic heterocycles. The van der Waals surface area contributed by atoms with E-state index < -0.39 is 6.10 Å². The molecule has 1 atom stereocenters. The van der Waals surface area contributed by atoms with Crippen LogP contribution in [0.2, 0.25) is 0 Å². The summed E-state index contributed by atoms with van der Waals surface area (Å²) >= 11 is 0. The number of carbonyl (C=O) groups is 3. The molecule has 0 spiro atoms. The number of esters is 3. The molecule has 0 aliphatic rings. The van der Waals surface area contributed by atoms with Crippen LogP contribution in [0.5, 0.6) is 0 Å². The number of carbonyl (C=O) groups excluding carboxylic acids is 3. The summed E-state index contributed by atoms with van der Waals surface area (Å²) in [6.45, 7) is 6.43. The van der Waals surface area contributed by atoms with Crippen molar-refractivity contribution >= 4 is 17.9 Å². The average molecular weight is 851 g/mol. The van der Waals surface area contributed by atoms with Crippen LogP contribution in [0.3, 0.4) is 0 Å². The van der Waals surface area contributed by atoms with Crippen molar-refractivity contribution in [3.8, 4) is 0 Å². The maximum Gasteiger partial charge on any atom is 0.306 e. The van der Waals surface area contributed by atoms with Gasteiger partial charge in [-0.05, 0) is 89.9 Å². The summed E-state index contributed by atoms with van der Waals surface area (Å²) in [6.07, 6.45) is 61.7. The van der Waals surface area contributed by atoms with Crippen LogP contribution >= 0.6 is 0 Å². The molecule has 0 aliphatic carbocycles. The first-order chi connectivity index (χ1) is 30.0. The molecule has 61 heavy (non-hydrogen) atoms. The first-order valence-electron chi connectivity index (χ1n) is 25.5. The molecule has 0 rings (SSSR count). The lowest BCUT2D eigenvalue weighted by molar-refractivity contribution is -0.167. The maximum absolute atomic E-state index is 12.8. The number of allylic oxidation sites excluding steroid dienone is 12. The zero-order valence-corrected chi connectivity index (χ0v) is 39.9. The fourth-order valence-corrected chi connectivity index (χ4v) is 6.90. The third-order valence-corrected chi connectivity index (χ3v) is 10.8. The minimum absolute atomic E-state index is 0.0938. The summed E-state index contributed by atoms with van der Waals surface area (Å²) in [5.41, 5.74) is 0. The molecule has 0 aromatic carbocycles. The second-order valence-corrected chi connectivity index (χ2v) is 16.8. The van der Waals surface area contributed by atoms with Gasteiger partial charge in [0, 0.05) is 19.3 Å². The number of rotatable bonds is 45. The molecule has 0 heterocycles. The van der Waals surface area contributed by atoms with Crippen LogP contribution in [0.25, 0.3) is 0 Å². The Morgan fingerprint density at radius 1 is 0.344 bits per heavy atom. The molecule has 6 nitrogen and oxygen atoms in total. The predicted molar refractivity (Wildman–Crippen MR) is 261 cm³/mol. The van der Waals surface area contributed by atoms with Gasteiger partial charge in [0.15, 0.2) is 6.10 Å². The second-order valence-electron chi connectivity index (χ2n) is 16.8. The highest BCUT2D eigenvalue weighted by Crippen LogP contribution is 2.14. The van der Waals surface area contributed by atoms with E-state index in [2.05, 4.69) is 93.7 Å². The van der Waals surface area contributed by atoms with Gasteiger partial charge in [0.05, 0.1) is 0 Å². The molecular formula is C55H94O6. The lowest BCUT2D eigenvalue weighted by atomic mass is 10.1. The first-order valence-corrected chi connectivity index (χ1v) is 25.5. The molecule has 0 saturated carbocycles. The quantitative estimate of drug-likeness (QED) is 0.0200. The van der Waals surface area contributed by atoms with Crippen molar-refractivity contribution in [1.29, 1.82) is 0 Å². The van der Waals surface area contributed by atoms with Gasteiger partial charge in [-0.15, -0.1) is 0 Å². The van der Waals surface area contributed by atoms with E-state index >= 15 is 0 Å². The lowest BCUT2D eigenvalue weighted by Gasteiger charge is -2.18. The lowest BCUT2D eigenvalue weighted by Crippen LogP contribution is -2.30. The van der Waals surface area contributed by atoms with Crippen molar-refractivity contribution < 1.29 is 28.6 Å². The van der Waals surface area contributed by atoms with E-state index in [0.717, 1.165) is 109 Å². The molecule has 0 radical (unpaired) electrons. The third-order valence-electron chi connectivity index (χ3n) is 10.8. The SMILES string of the molecule is CC\C=C/C=C\C=C/CCCCCCCC(=O)OC(COC(=O)CCCCCCC/C=C\C=C/CCCCCCCCC)COC(=O)CCCCCCC/C=C\CCCCC. The Morgan fingerprint density at radius 3 is 1.08 bits per heavy atom. The topological polar surface area (TPSA) is 78.9 Å². The van der Waals surface area contributed by atoms with Crippen molar-refractivity contribution in [3.05, 3.63) is 72.9 Å². The maximum atomic E-state index is 12.8.